The molecule has 0 saturated heterocycles. The van der Waals surface area contributed by atoms with Gasteiger partial charge in [0.05, 0.1) is 6.61 Å². The van der Waals surface area contributed by atoms with Gasteiger partial charge in [-0.15, -0.1) is 0 Å². The molecule has 0 aliphatic rings. The van der Waals surface area contributed by atoms with E-state index in [1.54, 1.807) is 6.92 Å². The van der Waals surface area contributed by atoms with Crippen LogP contribution in [0.1, 0.15) is 23.0 Å². The fraction of sp³-hybridized carbons (Fsp3) is 0.231. The molecule has 0 aliphatic heterocycles. The van der Waals surface area contributed by atoms with E-state index in [-0.39, 0.29) is 5.69 Å². The lowest BCUT2D eigenvalue weighted by molar-refractivity contribution is 0.0520. The average Bonchev–Trinajstić information content (AvgIpc) is 2.82. The van der Waals surface area contributed by atoms with E-state index >= 15 is 0 Å². The van der Waals surface area contributed by atoms with E-state index in [1.807, 2.05) is 25.1 Å². The van der Waals surface area contributed by atoms with Crippen molar-refractivity contribution in [1.82, 2.24) is 4.98 Å². The summed E-state index contributed by atoms with van der Waals surface area (Å²) in [4.78, 5) is 15.6. The molecule has 0 N–H and O–H groups in total. The van der Waals surface area contributed by atoms with E-state index in [0.29, 0.717) is 12.4 Å². The maximum atomic E-state index is 11.7. The van der Waals surface area contributed by atoms with E-state index in [4.69, 9.17) is 9.15 Å². The van der Waals surface area contributed by atoms with Crippen LogP contribution >= 0.6 is 15.9 Å². The van der Waals surface area contributed by atoms with Crippen molar-refractivity contribution < 1.29 is 13.9 Å². The normalized spacial score (nSPS) is 10.4. The molecule has 0 aliphatic carbocycles. The van der Waals surface area contributed by atoms with Crippen LogP contribution in [0.5, 0.6) is 0 Å². The first-order valence-electron chi connectivity index (χ1n) is 5.50. The van der Waals surface area contributed by atoms with Crippen molar-refractivity contribution in [2.45, 2.75) is 13.8 Å². The van der Waals surface area contributed by atoms with Gasteiger partial charge in [-0.05, 0) is 25.5 Å². The highest BCUT2D eigenvalue weighted by molar-refractivity contribution is 9.10. The number of aromatic nitrogens is 1. The second kappa shape index (κ2) is 5.35. The molecule has 1 aromatic carbocycles. The van der Waals surface area contributed by atoms with Gasteiger partial charge in [-0.3, -0.25) is 0 Å². The summed E-state index contributed by atoms with van der Waals surface area (Å²) in [6.07, 6.45) is 1.25. The third-order valence-electron chi connectivity index (χ3n) is 2.47. The first kappa shape index (κ1) is 12.8. The summed E-state index contributed by atoms with van der Waals surface area (Å²) < 4.78 is 11.2. The van der Waals surface area contributed by atoms with Crippen LogP contribution in [0.2, 0.25) is 0 Å². The van der Waals surface area contributed by atoms with Crippen LogP contribution in [0.25, 0.3) is 11.3 Å². The fourth-order valence-electron chi connectivity index (χ4n) is 1.53. The third-order valence-corrected chi connectivity index (χ3v) is 3.32. The summed E-state index contributed by atoms with van der Waals surface area (Å²) in [5, 5.41) is 0. The number of esters is 1. The molecular weight excluding hydrogens is 298 g/mol. The monoisotopic (exact) mass is 309 g/mol. The Hall–Kier alpha value is -1.62. The first-order valence-corrected chi connectivity index (χ1v) is 6.30. The Morgan fingerprint density at radius 1 is 1.50 bits per heavy atom. The molecule has 1 aromatic heterocycles. The predicted molar refractivity (Wildman–Crippen MR) is 70.3 cm³/mol. The number of carbonyl (C=O) groups excluding carboxylic acids is 1. The van der Waals surface area contributed by atoms with Crippen LogP contribution in [0.4, 0.5) is 0 Å². The fourth-order valence-corrected chi connectivity index (χ4v) is 1.91. The summed E-state index contributed by atoms with van der Waals surface area (Å²) in [6.45, 7) is 4.04. The molecule has 0 spiro atoms. The zero-order chi connectivity index (χ0) is 13.1. The van der Waals surface area contributed by atoms with Crippen LogP contribution in [0.15, 0.2) is 33.5 Å². The highest BCUT2D eigenvalue weighted by atomic mass is 79.9. The molecule has 0 bridgehead atoms. The molecule has 4 nitrogen and oxygen atoms in total. The summed E-state index contributed by atoms with van der Waals surface area (Å²) in [6, 6.07) is 5.71. The summed E-state index contributed by atoms with van der Waals surface area (Å²) in [7, 11) is 0. The summed E-state index contributed by atoms with van der Waals surface area (Å²) in [5.74, 6) is -0.0490. The molecule has 1 heterocycles. The number of oxazole rings is 1. The number of ether oxygens (including phenoxy) is 1. The van der Waals surface area contributed by atoms with Gasteiger partial charge in [0.25, 0.3) is 0 Å². The van der Waals surface area contributed by atoms with Crippen molar-refractivity contribution in [1.29, 1.82) is 0 Å². The Balaban J connectivity index is 2.42. The van der Waals surface area contributed by atoms with Crippen molar-refractivity contribution in [3.63, 3.8) is 0 Å². The Labute approximate surface area is 113 Å². The van der Waals surface area contributed by atoms with Gasteiger partial charge in [0, 0.05) is 10.0 Å². The number of hydrogen-bond donors (Lipinski definition) is 0. The largest absolute Gasteiger partial charge is 0.461 e. The van der Waals surface area contributed by atoms with Gasteiger partial charge in [0.2, 0.25) is 0 Å². The predicted octanol–water partition coefficient (Wildman–Crippen LogP) is 3.59. The number of nitrogens with zero attached hydrogens (tertiary/aromatic N) is 1. The van der Waals surface area contributed by atoms with Gasteiger partial charge in [-0.2, -0.15) is 0 Å². The molecule has 0 amide bonds. The van der Waals surface area contributed by atoms with Crippen molar-refractivity contribution in [2.75, 3.05) is 6.61 Å². The van der Waals surface area contributed by atoms with Crippen molar-refractivity contribution in [3.8, 4) is 11.3 Å². The quantitative estimate of drug-likeness (QED) is 0.813. The Morgan fingerprint density at radius 3 is 2.94 bits per heavy atom. The molecule has 18 heavy (non-hydrogen) atoms. The van der Waals surface area contributed by atoms with Gasteiger partial charge in [0.1, 0.15) is 0 Å². The van der Waals surface area contributed by atoms with Gasteiger partial charge in [-0.25, -0.2) is 9.78 Å². The number of carbonyl (C=O) groups is 1. The molecule has 0 fully saturated rings. The second-order valence-electron chi connectivity index (χ2n) is 3.71. The smallest absolute Gasteiger partial charge is 0.360 e. The van der Waals surface area contributed by atoms with Gasteiger partial charge >= 0.3 is 5.97 Å². The summed E-state index contributed by atoms with van der Waals surface area (Å²) >= 11 is 3.45. The molecule has 94 valence electrons. The van der Waals surface area contributed by atoms with E-state index in [2.05, 4.69) is 20.9 Å². The minimum atomic E-state index is -0.474. The minimum absolute atomic E-state index is 0.201. The van der Waals surface area contributed by atoms with Gasteiger partial charge in [0.15, 0.2) is 17.8 Å². The van der Waals surface area contributed by atoms with E-state index < -0.39 is 5.97 Å². The Bertz CT molecular complexity index is 577. The minimum Gasteiger partial charge on any atom is -0.461 e. The lowest BCUT2D eigenvalue weighted by atomic mass is 10.1. The van der Waals surface area contributed by atoms with Crippen LogP contribution in [-0.4, -0.2) is 17.6 Å². The first-order chi connectivity index (χ1) is 8.63. The van der Waals surface area contributed by atoms with Crippen LogP contribution in [0.3, 0.4) is 0 Å². The highest BCUT2D eigenvalue weighted by Crippen LogP contribution is 2.28. The zero-order valence-electron chi connectivity index (χ0n) is 10.1. The van der Waals surface area contributed by atoms with Gasteiger partial charge in [-0.1, -0.05) is 28.1 Å². The Kier molecular flexibility index (Phi) is 3.81. The van der Waals surface area contributed by atoms with E-state index in [9.17, 15) is 4.79 Å². The lowest BCUT2D eigenvalue weighted by Gasteiger charge is -2.03. The van der Waals surface area contributed by atoms with Gasteiger partial charge < -0.3 is 9.15 Å². The van der Waals surface area contributed by atoms with Crippen molar-refractivity contribution in [2.24, 2.45) is 0 Å². The van der Waals surface area contributed by atoms with Crippen molar-refractivity contribution in [3.05, 3.63) is 40.3 Å². The highest BCUT2D eigenvalue weighted by Gasteiger charge is 2.19. The molecule has 2 rings (SSSR count). The van der Waals surface area contributed by atoms with E-state index in [1.165, 1.54) is 6.39 Å². The third kappa shape index (κ3) is 2.46. The van der Waals surface area contributed by atoms with E-state index in [0.717, 1.165) is 15.6 Å². The molecule has 0 saturated carbocycles. The maximum absolute atomic E-state index is 11.7. The molecule has 0 unspecified atom stereocenters. The molecule has 5 heteroatoms. The summed E-state index contributed by atoms with van der Waals surface area (Å²) in [5.41, 5.74) is 2.09. The van der Waals surface area contributed by atoms with Crippen molar-refractivity contribution >= 4 is 21.9 Å². The second-order valence-corrected chi connectivity index (χ2v) is 4.57. The molecule has 0 atom stereocenters. The molecular formula is C13H12BrNO3. The number of rotatable bonds is 3. The van der Waals surface area contributed by atoms with Crippen LogP contribution in [-0.2, 0) is 4.74 Å². The number of halogens is 1. The van der Waals surface area contributed by atoms with Crippen LogP contribution in [0, 0.1) is 6.92 Å². The SMILES string of the molecule is CCOC(=O)c1ncoc1-c1ccc(C)c(Br)c1. The topological polar surface area (TPSA) is 52.3 Å². The molecule has 0 radical (unpaired) electrons. The number of aryl methyl sites for hydroxylation is 1. The Morgan fingerprint density at radius 2 is 2.28 bits per heavy atom. The standard InChI is InChI=1S/C13H12BrNO3/c1-3-17-13(16)11-12(18-7-15-11)9-5-4-8(2)10(14)6-9/h4-7H,3H2,1-2H3. The number of benzene rings is 1. The maximum Gasteiger partial charge on any atom is 0.360 e. The lowest BCUT2D eigenvalue weighted by Crippen LogP contribution is -2.06. The molecule has 2 aromatic rings. The zero-order valence-corrected chi connectivity index (χ0v) is 11.7. The van der Waals surface area contributed by atoms with Crippen LogP contribution < -0.4 is 0 Å². The number of hydrogen-bond acceptors (Lipinski definition) is 4. The average molecular weight is 310 g/mol.